The smallest absolute Gasteiger partial charge is 0.255 e. The molecule has 0 spiro atoms. The van der Waals surface area contributed by atoms with E-state index in [0.29, 0.717) is 5.92 Å². The fourth-order valence-corrected chi connectivity index (χ4v) is 2.58. The minimum atomic E-state index is 0.158. The number of aryl methyl sites for hydroxylation is 1. The van der Waals surface area contributed by atoms with Crippen molar-refractivity contribution in [1.82, 2.24) is 9.88 Å². The van der Waals surface area contributed by atoms with Crippen LogP contribution in [-0.2, 0) is 0 Å². The lowest BCUT2D eigenvalue weighted by Gasteiger charge is -2.32. The van der Waals surface area contributed by atoms with Gasteiger partial charge in [0.05, 0.1) is 5.56 Å². The maximum atomic E-state index is 12.3. The molecular weight excluding hydrogens is 214 g/mol. The van der Waals surface area contributed by atoms with Gasteiger partial charge < -0.3 is 15.6 Å². The molecule has 1 aromatic heterocycles. The predicted molar refractivity (Wildman–Crippen MR) is 67.8 cm³/mol. The molecule has 0 aromatic carbocycles. The monoisotopic (exact) mass is 235 g/mol. The van der Waals surface area contributed by atoms with Crippen LogP contribution in [0.1, 0.15) is 35.3 Å². The molecule has 0 radical (unpaired) electrons. The van der Waals surface area contributed by atoms with Crippen LogP contribution in [-0.4, -0.2) is 35.4 Å². The van der Waals surface area contributed by atoms with Gasteiger partial charge in [-0.15, -0.1) is 0 Å². The molecule has 0 aliphatic carbocycles. The summed E-state index contributed by atoms with van der Waals surface area (Å²) < 4.78 is 0. The summed E-state index contributed by atoms with van der Waals surface area (Å²) in [5.41, 5.74) is 7.35. The maximum Gasteiger partial charge on any atom is 0.255 e. The minimum Gasteiger partial charge on any atom is -0.365 e. The molecule has 4 heteroatoms. The number of carbonyl (C=O) groups is 1. The summed E-state index contributed by atoms with van der Waals surface area (Å²) in [6.45, 7) is 4.40. The number of aromatic amines is 1. The standard InChI is InChI=1S/C13H21N3O/c1-10-12(5-7-15-10)13(17)16-8-2-3-11(9-16)4-6-14/h5,7,11,15H,2-4,6,8-9,14H2,1H3. The third-order valence-electron chi connectivity index (χ3n) is 3.57. The van der Waals surface area contributed by atoms with Crippen molar-refractivity contribution >= 4 is 5.91 Å². The minimum absolute atomic E-state index is 0.158. The van der Waals surface area contributed by atoms with Crippen molar-refractivity contribution < 1.29 is 4.79 Å². The van der Waals surface area contributed by atoms with Gasteiger partial charge >= 0.3 is 0 Å². The molecule has 2 rings (SSSR count). The van der Waals surface area contributed by atoms with E-state index >= 15 is 0 Å². The van der Waals surface area contributed by atoms with E-state index in [4.69, 9.17) is 5.73 Å². The molecule has 17 heavy (non-hydrogen) atoms. The zero-order chi connectivity index (χ0) is 12.3. The third kappa shape index (κ3) is 2.69. The van der Waals surface area contributed by atoms with Gasteiger partial charge in [0.15, 0.2) is 0 Å². The lowest BCUT2D eigenvalue weighted by atomic mass is 9.94. The van der Waals surface area contributed by atoms with E-state index in [1.807, 2.05) is 24.1 Å². The Labute approximate surface area is 102 Å². The van der Waals surface area contributed by atoms with Gasteiger partial charge in [0.25, 0.3) is 5.91 Å². The van der Waals surface area contributed by atoms with Gasteiger partial charge in [-0.3, -0.25) is 4.79 Å². The Bertz CT molecular complexity index is 384. The van der Waals surface area contributed by atoms with Gasteiger partial charge in [0.1, 0.15) is 0 Å². The lowest BCUT2D eigenvalue weighted by molar-refractivity contribution is 0.0669. The molecule has 1 fully saturated rings. The molecule has 1 amide bonds. The van der Waals surface area contributed by atoms with Gasteiger partial charge in [-0.25, -0.2) is 0 Å². The number of hydrogen-bond donors (Lipinski definition) is 2. The maximum absolute atomic E-state index is 12.3. The first-order valence-corrected chi connectivity index (χ1v) is 6.35. The summed E-state index contributed by atoms with van der Waals surface area (Å²) in [6.07, 6.45) is 5.15. The van der Waals surface area contributed by atoms with Crippen molar-refractivity contribution in [2.45, 2.75) is 26.2 Å². The molecule has 1 aliphatic heterocycles. The highest BCUT2D eigenvalue weighted by molar-refractivity contribution is 5.95. The van der Waals surface area contributed by atoms with Crippen LogP contribution < -0.4 is 5.73 Å². The Kier molecular flexibility index (Phi) is 3.84. The van der Waals surface area contributed by atoms with Crippen molar-refractivity contribution in [1.29, 1.82) is 0 Å². The largest absolute Gasteiger partial charge is 0.365 e. The second kappa shape index (κ2) is 5.36. The molecule has 1 aliphatic rings. The van der Waals surface area contributed by atoms with Crippen molar-refractivity contribution in [3.63, 3.8) is 0 Å². The van der Waals surface area contributed by atoms with E-state index in [9.17, 15) is 4.79 Å². The molecule has 1 aromatic rings. The first-order chi connectivity index (χ1) is 8.22. The molecule has 2 heterocycles. The number of nitrogens with one attached hydrogen (secondary N) is 1. The van der Waals surface area contributed by atoms with Gasteiger partial charge in [-0.05, 0) is 44.7 Å². The topological polar surface area (TPSA) is 62.1 Å². The number of piperidine rings is 1. The normalized spacial score (nSPS) is 20.6. The van der Waals surface area contributed by atoms with Crippen LogP contribution in [0.25, 0.3) is 0 Å². The Morgan fingerprint density at radius 2 is 2.47 bits per heavy atom. The molecule has 0 bridgehead atoms. The molecule has 94 valence electrons. The number of H-pyrrole nitrogens is 1. The first kappa shape index (κ1) is 12.2. The van der Waals surface area contributed by atoms with E-state index in [2.05, 4.69) is 4.98 Å². The van der Waals surface area contributed by atoms with Crippen LogP contribution >= 0.6 is 0 Å². The fourth-order valence-electron chi connectivity index (χ4n) is 2.58. The van der Waals surface area contributed by atoms with Crippen LogP contribution in [0.2, 0.25) is 0 Å². The Balaban J connectivity index is 2.02. The Morgan fingerprint density at radius 1 is 1.65 bits per heavy atom. The third-order valence-corrected chi connectivity index (χ3v) is 3.57. The summed E-state index contributed by atoms with van der Waals surface area (Å²) in [5, 5.41) is 0. The van der Waals surface area contributed by atoms with Crippen LogP contribution in [0.5, 0.6) is 0 Å². The predicted octanol–water partition coefficient (Wildman–Crippen LogP) is 1.52. The molecule has 1 saturated heterocycles. The van der Waals surface area contributed by atoms with E-state index < -0.39 is 0 Å². The number of aromatic nitrogens is 1. The number of hydrogen-bond acceptors (Lipinski definition) is 2. The van der Waals surface area contributed by atoms with Gasteiger partial charge in [-0.2, -0.15) is 0 Å². The van der Waals surface area contributed by atoms with Crippen LogP contribution in [0.15, 0.2) is 12.3 Å². The molecular formula is C13H21N3O. The summed E-state index contributed by atoms with van der Waals surface area (Å²) in [6, 6.07) is 1.87. The zero-order valence-electron chi connectivity index (χ0n) is 10.4. The van der Waals surface area contributed by atoms with Crippen molar-refractivity contribution in [2.75, 3.05) is 19.6 Å². The van der Waals surface area contributed by atoms with E-state index in [1.165, 1.54) is 6.42 Å². The quantitative estimate of drug-likeness (QED) is 0.834. The van der Waals surface area contributed by atoms with Gasteiger partial charge in [0, 0.05) is 25.0 Å². The summed E-state index contributed by atoms with van der Waals surface area (Å²) >= 11 is 0. The Morgan fingerprint density at radius 3 is 3.12 bits per heavy atom. The second-order valence-electron chi connectivity index (χ2n) is 4.85. The van der Waals surface area contributed by atoms with Gasteiger partial charge in [-0.1, -0.05) is 0 Å². The van der Waals surface area contributed by atoms with Crippen molar-refractivity contribution in [3.05, 3.63) is 23.5 Å². The molecule has 3 N–H and O–H groups in total. The lowest BCUT2D eigenvalue weighted by Crippen LogP contribution is -2.40. The highest BCUT2D eigenvalue weighted by Gasteiger charge is 2.24. The Hall–Kier alpha value is -1.29. The highest BCUT2D eigenvalue weighted by atomic mass is 16.2. The molecule has 4 nitrogen and oxygen atoms in total. The van der Waals surface area contributed by atoms with Crippen molar-refractivity contribution in [2.24, 2.45) is 11.7 Å². The summed E-state index contributed by atoms with van der Waals surface area (Å²) in [4.78, 5) is 17.3. The molecule has 1 atom stereocenters. The fraction of sp³-hybridized carbons (Fsp3) is 0.615. The molecule has 0 saturated carbocycles. The second-order valence-corrected chi connectivity index (χ2v) is 4.85. The van der Waals surface area contributed by atoms with E-state index in [0.717, 1.165) is 43.7 Å². The van der Waals surface area contributed by atoms with E-state index in [-0.39, 0.29) is 5.91 Å². The van der Waals surface area contributed by atoms with Crippen LogP contribution in [0.3, 0.4) is 0 Å². The number of nitrogens with two attached hydrogens (primary N) is 1. The van der Waals surface area contributed by atoms with E-state index in [1.54, 1.807) is 0 Å². The number of likely N-dealkylation sites (tertiary alicyclic amines) is 1. The average Bonchev–Trinajstić information content (AvgIpc) is 2.75. The summed E-state index contributed by atoms with van der Waals surface area (Å²) in [5.74, 6) is 0.738. The van der Waals surface area contributed by atoms with Crippen LogP contribution in [0, 0.1) is 12.8 Å². The van der Waals surface area contributed by atoms with Crippen LogP contribution in [0.4, 0.5) is 0 Å². The SMILES string of the molecule is Cc1[nH]ccc1C(=O)N1CCCC(CCN)C1. The number of carbonyl (C=O) groups excluding carboxylic acids is 1. The first-order valence-electron chi connectivity index (χ1n) is 6.35. The summed E-state index contributed by atoms with van der Waals surface area (Å²) in [7, 11) is 0. The number of amides is 1. The molecule has 1 unspecified atom stereocenters. The average molecular weight is 235 g/mol. The highest BCUT2D eigenvalue weighted by Crippen LogP contribution is 2.21. The van der Waals surface area contributed by atoms with Gasteiger partial charge in [0.2, 0.25) is 0 Å². The zero-order valence-corrected chi connectivity index (χ0v) is 10.4. The number of rotatable bonds is 3. The van der Waals surface area contributed by atoms with Crippen molar-refractivity contribution in [3.8, 4) is 0 Å². The number of nitrogens with zero attached hydrogens (tertiary/aromatic N) is 1.